The number of nitrogens with one attached hydrogen (secondary N) is 2. The molecule has 0 saturated carbocycles. The van der Waals surface area contributed by atoms with Gasteiger partial charge in [0, 0.05) is 38.3 Å². The van der Waals surface area contributed by atoms with Gasteiger partial charge in [0.25, 0.3) is 5.91 Å². The van der Waals surface area contributed by atoms with Gasteiger partial charge < -0.3 is 15.4 Å². The average molecular weight is 314 g/mol. The van der Waals surface area contributed by atoms with Crippen LogP contribution in [0.3, 0.4) is 0 Å². The van der Waals surface area contributed by atoms with Gasteiger partial charge in [-0.15, -0.1) is 0 Å². The summed E-state index contributed by atoms with van der Waals surface area (Å²) < 4.78 is 4.94. The molecule has 0 aliphatic heterocycles. The van der Waals surface area contributed by atoms with E-state index >= 15 is 0 Å². The number of amides is 1. The van der Waals surface area contributed by atoms with Gasteiger partial charge in [-0.2, -0.15) is 0 Å². The maximum absolute atomic E-state index is 11.9. The number of carbonyl (C=O) groups is 1. The Bertz CT molecular complexity index is 656. The smallest absolute Gasteiger partial charge is 0.254 e. The Kier molecular flexibility index (Phi) is 6.05. The van der Waals surface area contributed by atoms with Crippen LogP contribution in [0.2, 0.25) is 0 Å². The maximum Gasteiger partial charge on any atom is 0.254 e. The molecule has 0 fully saturated rings. The van der Waals surface area contributed by atoms with E-state index in [-0.39, 0.29) is 5.91 Å². The summed E-state index contributed by atoms with van der Waals surface area (Å²) in [4.78, 5) is 20.3. The Morgan fingerprint density at radius 1 is 1.22 bits per heavy atom. The molecule has 0 bridgehead atoms. The van der Waals surface area contributed by atoms with Crippen LogP contribution in [0.15, 0.2) is 30.6 Å². The molecule has 0 aliphatic carbocycles. The summed E-state index contributed by atoms with van der Waals surface area (Å²) in [6.45, 7) is 5.23. The number of aromatic nitrogens is 2. The summed E-state index contributed by atoms with van der Waals surface area (Å²) >= 11 is 0. The molecule has 1 heterocycles. The number of anilines is 2. The minimum Gasteiger partial charge on any atom is -0.385 e. The molecule has 1 aromatic carbocycles. The van der Waals surface area contributed by atoms with E-state index in [1.165, 1.54) is 12.4 Å². The molecule has 6 nitrogen and oxygen atoms in total. The van der Waals surface area contributed by atoms with E-state index in [4.69, 9.17) is 4.74 Å². The number of carbonyl (C=O) groups excluding carboxylic acids is 1. The van der Waals surface area contributed by atoms with Crippen LogP contribution < -0.4 is 10.6 Å². The third-order valence-corrected chi connectivity index (χ3v) is 3.36. The topological polar surface area (TPSA) is 76.1 Å². The number of aryl methyl sites for hydroxylation is 2. The van der Waals surface area contributed by atoms with E-state index in [0.717, 1.165) is 23.2 Å². The molecular weight excluding hydrogens is 292 g/mol. The van der Waals surface area contributed by atoms with Crippen molar-refractivity contribution in [2.24, 2.45) is 0 Å². The van der Waals surface area contributed by atoms with Gasteiger partial charge in [0.2, 0.25) is 5.95 Å². The van der Waals surface area contributed by atoms with Crippen molar-refractivity contribution in [2.75, 3.05) is 25.6 Å². The summed E-state index contributed by atoms with van der Waals surface area (Å²) in [7, 11) is 1.64. The van der Waals surface area contributed by atoms with Crippen LogP contribution in [-0.2, 0) is 4.74 Å². The van der Waals surface area contributed by atoms with Crippen molar-refractivity contribution in [3.05, 3.63) is 47.3 Å². The first-order valence-corrected chi connectivity index (χ1v) is 7.53. The molecule has 122 valence electrons. The first-order chi connectivity index (χ1) is 11.1. The largest absolute Gasteiger partial charge is 0.385 e. The Labute approximate surface area is 136 Å². The SMILES string of the molecule is COCCCNC(=O)c1cnc(Nc2cc(C)ccc2C)nc1. The fourth-order valence-corrected chi connectivity index (χ4v) is 2.02. The zero-order chi connectivity index (χ0) is 16.7. The molecule has 0 unspecified atom stereocenters. The molecule has 2 aromatic rings. The Hall–Kier alpha value is -2.47. The van der Waals surface area contributed by atoms with E-state index in [9.17, 15) is 4.79 Å². The molecule has 2 rings (SSSR count). The standard InChI is InChI=1S/C17H22N4O2/c1-12-5-6-13(2)15(9-12)21-17-19-10-14(11-20-17)16(22)18-7-4-8-23-3/h5-6,9-11H,4,7-8H2,1-3H3,(H,18,22)(H,19,20,21). The number of hydrogen-bond donors (Lipinski definition) is 2. The van der Waals surface area contributed by atoms with Crippen LogP contribution in [-0.4, -0.2) is 36.1 Å². The first kappa shape index (κ1) is 16.9. The van der Waals surface area contributed by atoms with Crippen molar-refractivity contribution in [1.29, 1.82) is 0 Å². The predicted octanol–water partition coefficient (Wildman–Crippen LogP) is 2.60. The van der Waals surface area contributed by atoms with E-state index in [2.05, 4.69) is 26.7 Å². The summed E-state index contributed by atoms with van der Waals surface area (Å²) in [6, 6.07) is 6.13. The average Bonchev–Trinajstić information content (AvgIpc) is 2.55. The van der Waals surface area contributed by atoms with Gasteiger partial charge in [-0.3, -0.25) is 4.79 Å². The predicted molar refractivity (Wildman–Crippen MR) is 90.1 cm³/mol. The van der Waals surface area contributed by atoms with Gasteiger partial charge in [0.05, 0.1) is 5.56 Å². The molecular formula is C17H22N4O2. The Morgan fingerprint density at radius 2 is 1.96 bits per heavy atom. The maximum atomic E-state index is 11.9. The van der Waals surface area contributed by atoms with E-state index in [0.29, 0.717) is 24.7 Å². The van der Waals surface area contributed by atoms with E-state index < -0.39 is 0 Å². The van der Waals surface area contributed by atoms with Crippen LogP contribution >= 0.6 is 0 Å². The third-order valence-electron chi connectivity index (χ3n) is 3.36. The molecule has 2 N–H and O–H groups in total. The molecule has 0 saturated heterocycles. The monoisotopic (exact) mass is 314 g/mol. The fourth-order valence-electron chi connectivity index (χ4n) is 2.02. The quantitative estimate of drug-likeness (QED) is 0.768. The number of nitrogens with zero attached hydrogens (tertiary/aromatic N) is 2. The second kappa shape index (κ2) is 8.24. The normalized spacial score (nSPS) is 10.4. The zero-order valence-corrected chi connectivity index (χ0v) is 13.7. The lowest BCUT2D eigenvalue weighted by Crippen LogP contribution is -2.25. The lowest BCUT2D eigenvalue weighted by atomic mass is 10.1. The summed E-state index contributed by atoms with van der Waals surface area (Å²) in [5.41, 5.74) is 3.67. The van der Waals surface area contributed by atoms with Crippen molar-refractivity contribution in [2.45, 2.75) is 20.3 Å². The van der Waals surface area contributed by atoms with Crippen molar-refractivity contribution in [3.8, 4) is 0 Å². The number of benzene rings is 1. The minimum atomic E-state index is -0.181. The van der Waals surface area contributed by atoms with Crippen LogP contribution in [0.1, 0.15) is 27.9 Å². The van der Waals surface area contributed by atoms with Crippen molar-refractivity contribution in [3.63, 3.8) is 0 Å². The lowest BCUT2D eigenvalue weighted by molar-refractivity contribution is 0.0948. The number of ether oxygens (including phenoxy) is 1. The van der Waals surface area contributed by atoms with Crippen molar-refractivity contribution in [1.82, 2.24) is 15.3 Å². The molecule has 1 aromatic heterocycles. The van der Waals surface area contributed by atoms with Crippen LogP contribution in [0.4, 0.5) is 11.6 Å². The molecule has 6 heteroatoms. The molecule has 1 amide bonds. The highest BCUT2D eigenvalue weighted by Gasteiger charge is 2.07. The van der Waals surface area contributed by atoms with Crippen LogP contribution in [0.25, 0.3) is 0 Å². The molecule has 0 radical (unpaired) electrons. The van der Waals surface area contributed by atoms with Crippen molar-refractivity contribution >= 4 is 17.5 Å². The van der Waals surface area contributed by atoms with E-state index in [1.54, 1.807) is 7.11 Å². The Morgan fingerprint density at radius 3 is 2.65 bits per heavy atom. The van der Waals surface area contributed by atoms with Crippen LogP contribution in [0, 0.1) is 13.8 Å². The second-order valence-electron chi connectivity index (χ2n) is 5.34. The van der Waals surface area contributed by atoms with Crippen LogP contribution in [0.5, 0.6) is 0 Å². The second-order valence-corrected chi connectivity index (χ2v) is 5.34. The highest BCUT2D eigenvalue weighted by molar-refractivity contribution is 5.93. The molecule has 23 heavy (non-hydrogen) atoms. The van der Waals surface area contributed by atoms with Gasteiger partial charge in [0.15, 0.2) is 0 Å². The highest BCUT2D eigenvalue weighted by Crippen LogP contribution is 2.19. The third kappa shape index (κ3) is 5.03. The summed E-state index contributed by atoms with van der Waals surface area (Å²) in [5.74, 6) is 0.286. The molecule has 0 spiro atoms. The molecule has 0 atom stereocenters. The van der Waals surface area contributed by atoms with Gasteiger partial charge in [0.1, 0.15) is 0 Å². The zero-order valence-electron chi connectivity index (χ0n) is 13.7. The van der Waals surface area contributed by atoms with Gasteiger partial charge in [-0.1, -0.05) is 12.1 Å². The van der Waals surface area contributed by atoms with Gasteiger partial charge >= 0.3 is 0 Å². The summed E-state index contributed by atoms with van der Waals surface area (Å²) in [6.07, 6.45) is 3.81. The lowest BCUT2D eigenvalue weighted by Gasteiger charge is -2.09. The minimum absolute atomic E-state index is 0.181. The Balaban J connectivity index is 1.96. The van der Waals surface area contributed by atoms with Gasteiger partial charge in [-0.05, 0) is 37.5 Å². The highest BCUT2D eigenvalue weighted by atomic mass is 16.5. The number of rotatable bonds is 7. The first-order valence-electron chi connectivity index (χ1n) is 7.53. The number of methoxy groups -OCH3 is 1. The molecule has 0 aliphatic rings. The fraction of sp³-hybridized carbons (Fsp3) is 0.353. The van der Waals surface area contributed by atoms with E-state index in [1.807, 2.05) is 26.0 Å². The number of hydrogen-bond acceptors (Lipinski definition) is 5. The summed E-state index contributed by atoms with van der Waals surface area (Å²) in [5, 5.41) is 5.97. The van der Waals surface area contributed by atoms with Gasteiger partial charge in [-0.25, -0.2) is 9.97 Å². The van der Waals surface area contributed by atoms with Crippen molar-refractivity contribution < 1.29 is 9.53 Å².